The second-order valence-corrected chi connectivity index (χ2v) is 13.8. The van der Waals surface area contributed by atoms with Crippen molar-refractivity contribution in [2.45, 2.75) is 92.0 Å². The van der Waals surface area contributed by atoms with Crippen LogP contribution in [-0.2, 0) is 14.2 Å². The van der Waals surface area contributed by atoms with E-state index in [9.17, 15) is 19.2 Å². The smallest absolute Gasteiger partial charge is 0.410 e. The van der Waals surface area contributed by atoms with Gasteiger partial charge in [0.15, 0.2) is 0 Å². The molecule has 11 heteroatoms. The summed E-state index contributed by atoms with van der Waals surface area (Å²) in [4.78, 5) is 59.4. The number of benzene rings is 1. The van der Waals surface area contributed by atoms with Crippen molar-refractivity contribution >= 4 is 24.2 Å². The monoisotopic (exact) mass is 604 g/mol. The van der Waals surface area contributed by atoms with Crippen molar-refractivity contribution in [3.63, 3.8) is 0 Å². The number of amides is 4. The second-order valence-electron chi connectivity index (χ2n) is 13.8. The lowest BCUT2D eigenvalue weighted by atomic mass is 10.2. The summed E-state index contributed by atoms with van der Waals surface area (Å²) < 4.78 is 17.0. The van der Waals surface area contributed by atoms with Crippen LogP contribution in [0, 0.1) is 0 Å². The zero-order valence-electron chi connectivity index (χ0n) is 27.6. The van der Waals surface area contributed by atoms with Crippen molar-refractivity contribution in [3.8, 4) is 0 Å². The fourth-order valence-corrected chi connectivity index (χ4v) is 4.33. The summed E-state index contributed by atoms with van der Waals surface area (Å²) in [5.41, 5.74) is -1.53. The molecule has 0 spiro atoms. The highest BCUT2D eigenvalue weighted by Gasteiger charge is 2.28. The Kier molecular flexibility index (Phi) is 12.7. The minimum Gasteiger partial charge on any atom is -0.444 e. The lowest BCUT2D eigenvalue weighted by Gasteiger charge is -2.34. The molecule has 0 aliphatic carbocycles. The van der Waals surface area contributed by atoms with Crippen molar-refractivity contribution in [1.82, 2.24) is 19.6 Å². The van der Waals surface area contributed by atoms with Gasteiger partial charge in [0.25, 0.3) is 5.91 Å². The molecule has 4 amide bonds. The van der Waals surface area contributed by atoms with Gasteiger partial charge >= 0.3 is 18.3 Å². The summed E-state index contributed by atoms with van der Waals surface area (Å²) in [5, 5.41) is 0. The average molecular weight is 605 g/mol. The molecule has 242 valence electrons. The van der Waals surface area contributed by atoms with E-state index >= 15 is 0 Å². The van der Waals surface area contributed by atoms with Crippen molar-refractivity contribution in [2.24, 2.45) is 0 Å². The first-order chi connectivity index (χ1) is 19.8. The standard InChI is InChI=1S/C32H52N4O7/c1-30(2,3)41-27(38)34-19-14-20-36(29(40)43-32(7,8)9)24-23-35(28(39)42-31(4,5)6)18-13-17-33(21-22-34)26(37)25-15-11-10-12-16-25/h10-12,15-16H,13-14,17-24H2,1-9H3. The molecule has 43 heavy (non-hydrogen) atoms. The van der Waals surface area contributed by atoms with Crippen LogP contribution in [0.15, 0.2) is 30.3 Å². The predicted molar refractivity (Wildman–Crippen MR) is 165 cm³/mol. The summed E-state index contributed by atoms with van der Waals surface area (Å²) >= 11 is 0. The van der Waals surface area contributed by atoms with Crippen LogP contribution in [-0.4, -0.2) is 113 Å². The molecular weight excluding hydrogens is 552 g/mol. The van der Waals surface area contributed by atoms with Gasteiger partial charge in [0, 0.05) is 57.9 Å². The van der Waals surface area contributed by atoms with Gasteiger partial charge in [0.2, 0.25) is 0 Å². The average Bonchev–Trinajstić information content (AvgIpc) is 2.86. The fraction of sp³-hybridized carbons (Fsp3) is 0.688. The molecule has 0 N–H and O–H groups in total. The highest BCUT2D eigenvalue weighted by Crippen LogP contribution is 2.16. The summed E-state index contributed by atoms with van der Waals surface area (Å²) in [7, 11) is 0. The number of rotatable bonds is 1. The third-order valence-corrected chi connectivity index (χ3v) is 6.25. The predicted octanol–water partition coefficient (Wildman–Crippen LogP) is 5.63. The Balaban J connectivity index is 2.37. The normalized spacial score (nSPS) is 16.7. The Morgan fingerprint density at radius 3 is 1.12 bits per heavy atom. The Morgan fingerprint density at radius 2 is 0.791 bits per heavy atom. The number of hydrogen-bond donors (Lipinski definition) is 0. The molecule has 1 aromatic carbocycles. The SMILES string of the molecule is CC(C)(C)OC(=O)N1CCCN(C(=O)OC(C)(C)C)CCN(C(=O)c2ccccc2)CCCN(C(=O)OC(C)(C)C)CC1. The molecule has 2 rings (SSSR count). The number of carbonyl (C=O) groups excluding carboxylic acids is 4. The second kappa shape index (κ2) is 15.3. The van der Waals surface area contributed by atoms with Gasteiger partial charge in [-0.1, -0.05) is 18.2 Å². The van der Waals surface area contributed by atoms with E-state index in [4.69, 9.17) is 14.2 Å². The van der Waals surface area contributed by atoms with E-state index in [1.807, 2.05) is 18.2 Å². The highest BCUT2D eigenvalue weighted by atomic mass is 16.6. The lowest BCUT2D eigenvalue weighted by Crippen LogP contribution is -2.48. The van der Waals surface area contributed by atoms with Gasteiger partial charge in [-0.05, 0) is 87.3 Å². The first-order valence-electron chi connectivity index (χ1n) is 15.1. The number of hydrogen-bond acceptors (Lipinski definition) is 7. The minimum absolute atomic E-state index is 0.156. The Morgan fingerprint density at radius 1 is 0.488 bits per heavy atom. The van der Waals surface area contributed by atoms with E-state index in [2.05, 4.69) is 0 Å². The van der Waals surface area contributed by atoms with Crippen LogP contribution in [0.3, 0.4) is 0 Å². The van der Waals surface area contributed by atoms with E-state index in [1.165, 1.54) is 0 Å². The van der Waals surface area contributed by atoms with Gasteiger partial charge in [0.1, 0.15) is 16.8 Å². The molecule has 1 aliphatic rings. The van der Waals surface area contributed by atoms with Gasteiger partial charge in [-0.15, -0.1) is 0 Å². The number of carbonyl (C=O) groups is 4. The molecule has 1 aromatic rings. The third kappa shape index (κ3) is 13.6. The molecule has 0 radical (unpaired) electrons. The van der Waals surface area contributed by atoms with Gasteiger partial charge < -0.3 is 33.8 Å². The zero-order valence-corrected chi connectivity index (χ0v) is 27.6. The lowest BCUT2D eigenvalue weighted by molar-refractivity contribution is 0.0102. The van der Waals surface area contributed by atoms with Crippen molar-refractivity contribution in [1.29, 1.82) is 0 Å². The van der Waals surface area contributed by atoms with Gasteiger partial charge in [-0.25, -0.2) is 14.4 Å². The van der Waals surface area contributed by atoms with Gasteiger partial charge in [0.05, 0.1) is 0 Å². The van der Waals surface area contributed by atoms with Crippen LogP contribution in [0.2, 0.25) is 0 Å². The molecular formula is C32H52N4O7. The largest absolute Gasteiger partial charge is 0.444 e. The van der Waals surface area contributed by atoms with Crippen molar-refractivity contribution < 1.29 is 33.4 Å². The zero-order chi connectivity index (χ0) is 32.4. The fourth-order valence-electron chi connectivity index (χ4n) is 4.33. The summed E-state index contributed by atoms with van der Waals surface area (Å²) in [6.07, 6.45) is -0.548. The molecule has 0 aromatic heterocycles. The Labute approximate surface area is 257 Å². The molecule has 0 bridgehead atoms. The first kappa shape index (κ1) is 35.7. The van der Waals surface area contributed by atoms with Crippen LogP contribution in [0.1, 0.15) is 85.5 Å². The topological polar surface area (TPSA) is 109 Å². The summed E-state index contributed by atoms with van der Waals surface area (Å²) in [5.74, 6) is -0.156. The van der Waals surface area contributed by atoms with Crippen LogP contribution in [0.25, 0.3) is 0 Å². The maximum atomic E-state index is 13.5. The van der Waals surface area contributed by atoms with E-state index in [0.717, 1.165) is 0 Å². The Bertz CT molecular complexity index is 1070. The van der Waals surface area contributed by atoms with Crippen LogP contribution in [0.5, 0.6) is 0 Å². The van der Waals surface area contributed by atoms with Gasteiger partial charge in [-0.2, -0.15) is 0 Å². The maximum absolute atomic E-state index is 13.5. The number of nitrogens with zero attached hydrogens (tertiary/aromatic N) is 4. The highest BCUT2D eigenvalue weighted by molar-refractivity contribution is 5.94. The molecule has 0 unspecified atom stereocenters. The summed E-state index contributed by atoms with van der Waals surface area (Å²) in [6.45, 7) is 18.4. The van der Waals surface area contributed by atoms with E-state index in [0.29, 0.717) is 44.6 Å². The summed E-state index contributed by atoms with van der Waals surface area (Å²) in [6, 6.07) is 8.99. The van der Waals surface area contributed by atoms with E-state index in [-0.39, 0.29) is 32.1 Å². The maximum Gasteiger partial charge on any atom is 0.410 e. The quantitative estimate of drug-likeness (QED) is 0.382. The van der Waals surface area contributed by atoms with Crippen molar-refractivity contribution in [3.05, 3.63) is 35.9 Å². The molecule has 1 fully saturated rings. The van der Waals surface area contributed by atoms with Crippen molar-refractivity contribution in [2.75, 3.05) is 52.4 Å². The molecule has 0 atom stereocenters. The molecule has 1 heterocycles. The van der Waals surface area contributed by atoms with Crippen LogP contribution < -0.4 is 0 Å². The van der Waals surface area contributed by atoms with E-state index in [1.54, 1.807) is 94.0 Å². The van der Waals surface area contributed by atoms with Crippen LogP contribution in [0.4, 0.5) is 14.4 Å². The number of ether oxygens (including phenoxy) is 3. The first-order valence-corrected chi connectivity index (χ1v) is 15.1. The molecule has 0 saturated carbocycles. The van der Waals surface area contributed by atoms with E-state index < -0.39 is 35.1 Å². The molecule has 1 saturated heterocycles. The third-order valence-electron chi connectivity index (χ3n) is 6.25. The van der Waals surface area contributed by atoms with Gasteiger partial charge in [-0.3, -0.25) is 4.79 Å². The Hall–Kier alpha value is -3.50. The minimum atomic E-state index is -0.696. The molecule has 1 aliphatic heterocycles. The molecule has 11 nitrogen and oxygen atoms in total. The van der Waals surface area contributed by atoms with Crippen LogP contribution >= 0.6 is 0 Å².